The predicted octanol–water partition coefficient (Wildman–Crippen LogP) is 1.07. The van der Waals surface area contributed by atoms with Crippen LogP contribution in [0.4, 0.5) is 0 Å². The quantitative estimate of drug-likeness (QED) is 0.648. The van der Waals surface area contributed by atoms with E-state index in [4.69, 9.17) is 5.73 Å². The van der Waals surface area contributed by atoms with Gasteiger partial charge in [0.05, 0.1) is 0 Å². The van der Waals surface area contributed by atoms with Crippen molar-refractivity contribution in [1.82, 2.24) is 4.90 Å². The van der Waals surface area contributed by atoms with E-state index in [0.29, 0.717) is 6.04 Å². The summed E-state index contributed by atoms with van der Waals surface area (Å²) < 4.78 is 0. The molecule has 11 heavy (non-hydrogen) atoms. The van der Waals surface area contributed by atoms with E-state index in [1.165, 1.54) is 25.9 Å². The van der Waals surface area contributed by atoms with Crippen LogP contribution in [0.15, 0.2) is 0 Å². The fraction of sp³-hybridized carbons (Fsp3) is 1.00. The summed E-state index contributed by atoms with van der Waals surface area (Å²) in [6.07, 6.45) is 2.67. The summed E-state index contributed by atoms with van der Waals surface area (Å²) >= 11 is 0. The van der Waals surface area contributed by atoms with Crippen LogP contribution >= 0.6 is 0 Å². The van der Waals surface area contributed by atoms with Gasteiger partial charge >= 0.3 is 0 Å². The summed E-state index contributed by atoms with van der Waals surface area (Å²) in [6.45, 7) is 7.88. The molecule has 0 aromatic rings. The Kier molecular flexibility index (Phi) is 3.34. The predicted molar refractivity (Wildman–Crippen MR) is 48.5 cm³/mol. The Morgan fingerprint density at radius 2 is 2.27 bits per heavy atom. The average molecular weight is 156 g/mol. The van der Waals surface area contributed by atoms with E-state index in [1.807, 2.05) is 0 Å². The van der Waals surface area contributed by atoms with Crippen molar-refractivity contribution in [2.24, 2.45) is 11.7 Å². The topological polar surface area (TPSA) is 29.3 Å². The number of rotatable bonds is 2. The van der Waals surface area contributed by atoms with Gasteiger partial charge in [-0.25, -0.2) is 0 Å². The number of likely N-dealkylation sites (tertiary alicyclic amines) is 1. The maximum atomic E-state index is 5.64. The standard InChI is InChI=1S/C9H20N2/c1-8(2)11-5-3-4-9(6-10)7-11/h8-9H,3-7,10H2,1-2H3/t9-/m0/s1. The Morgan fingerprint density at radius 1 is 1.55 bits per heavy atom. The second kappa shape index (κ2) is 4.07. The van der Waals surface area contributed by atoms with Gasteiger partial charge in [0.15, 0.2) is 0 Å². The monoisotopic (exact) mass is 156 g/mol. The molecule has 1 atom stereocenters. The van der Waals surface area contributed by atoms with Gasteiger partial charge in [-0.15, -0.1) is 0 Å². The fourth-order valence-corrected chi connectivity index (χ4v) is 1.76. The van der Waals surface area contributed by atoms with Gasteiger partial charge in [-0.1, -0.05) is 0 Å². The van der Waals surface area contributed by atoms with Crippen molar-refractivity contribution in [2.75, 3.05) is 19.6 Å². The van der Waals surface area contributed by atoms with Crippen molar-refractivity contribution in [1.29, 1.82) is 0 Å². The molecular formula is C9H20N2. The van der Waals surface area contributed by atoms with Crippen LogP contribution in [0.3, 0.4) is 0 Å². The molecule has 0 unspecified atom stereocenters. The third kappa shape index (κ3) is 2.46. The molecule has 2 nitrogen and oxygen atoms in total. The first-order chi connectivity index (χ1) is 5.24. The lowest BCUT2D eigenvalue weighted by molar-refractivity contribution is 0.143. The van der Waals surface area contributed by atoms with E-state index < -0.39 is 0 Å². The highest BCUT2D eigenvalue weighted by molar-refractivity contribution is 4.75. The van der Waals surface area contributed by atoms with Gasteiger partial charge in [0.2, 0.25) is 0 Å². The minimum Gasteiger partial charge on any atom is -0.330 e. The molecule has 2 heteroatoms. The third-order valence-corrected chi connectivity index (χ3v) is 2.61. The number of hydrogen-bond acceptors (Lipinski definition) is 2. The molecule has 66 valence electrons. The molecule has 1 saturated heterocycles. The molecule has 0 bridgehead atoms. The van der Waals surface area contributed by atoms with Crippen LogP contribution in [0.2, 0.25) is 0 Å². The summed E-state index contributed by atoms with van der Waals surface area (Å²) in [5, 5.41) is 0. The SMILES string of the molecule is CC(C)N1CCC[C@@H](CN)C1. The summed E-state index contributed by atoms with van der Waals surface area (Å²) in [5.41, 5.74) is 5.64. The molecule has 0 amide bonds. The van der Waals surface area contributed by atoms with Crippen LogP contribution in [0, 0.1) is 5.92 Å². The maximum Gasteiger partial charge on any atom is 0.00387 e. The molecule has 1 fully saturated rings. The maximum absolute atomic E-state index is 5.64. The fourth-order valence-electron chi connectivity index (χ4n) is 1.76. The number of piperidine rings is 1. The van der Waals surface area contributed by atoms with Gasteiger partial charge < -0.3 is 10.6 Å². The van der Waals surface area contributed by atoms with E-state index >= 15 is 0 Å². The molecule has 0 saturated carbocycles. The first-order valence-electron chi connectivity index (χ1n) is 4.68. The molecule has 1 rings (SSSR count). The molecule has 1 aliphatic heterocycles. The Bertz CT molecular complexity index is 112. The molecule has 1 heterocycles. The Morgan fingerprint density at radius 3 is 2.82 bits per heavy atom. The van der Waals surface area contributed by atoms with Gasteiger partial charge in [0.25, 0.3) is 0 Å². The summed E-state index contributed by atoms with van der Waals surface area (Å²) in [5.74, 6) is 0.756. The van der Waals surface area contributed by atoms with Crippen LogP contribution < -0.4 is 5.73 Å². The highest BCUT2D eigenvalue weighted by Crippen LogP contribution is 2.16. The highest BCUT2D eigenvalue weighted by Gasteiger charge is 2.19. The molecule has 0 aromatic carbocycles. The molecule has 0 aliphatic carbocycles. The van der Waals surface area contributed by atoms with Crippen LogP contribution in [0.1, 0.15) is 26.7 Å². The van der Waals surface area contributed by atoms with Crippen molar-refractivity contribution in [3.63, 3.8) is 0 Å². The molecular weight excluding hydrogens is 136 g/mol. The molecule has 0 radical (unpaired) electrons. The highest BCUT2D eigenvalue weighted by atomic mass is 15.2. The number of nitrogens with two attached hydrogens (primary N) is 1. The van der Waals surface area contributed by atoms with Gasteiger partial charge in [0, 0.05) is 12.6 Å². The lowest BCUT2D eigenvalue weighted by atomic mass is 9.97. The largest absolute Gasteiger partial charge is 0.330 e. The van der Waals surface area contributed by atoms with E-state index in [1.54, 1.807) is 0 Å². The van der Waals surface area contributed by atoms with Gasteiger partial charge in [-0.05, 0) is 45.7 Å². The smallest absolute Gasteiger partial charge is 0.00387 e. The summed E-state index contributed by atoms with van der Waals surface area (Å²) in [4.78, 5) is 2.53. The van der Waals surface area contributed by atoms with E-state index in [2.05, 4.69) is 18.7 Å². The summed E-state index contributed by atoms with van der Waals surface area (Å²) in [6, 6.07) is 0.698. The van der Waals surface area contributed by atoms with E-state index in [9.17, 15) is 0 Å². The van der Waals surface area contributed by atoms with Crippen molar-refractivity contribution >= 4 is 0 Å². The Labute approximate surface area is 69.8 Å². The Hall–Kier alpha value is -0.0800. The zero-order valence-electron chi connectivity index (χ0n) is 7.71. The van der Waals surface area contributed by atoms with E-state index in [0.717, 1.165) is 12.5 Å². The molecule has 0 spiro atoms. The normalized spacial score (nSPS) is 27.8. The van der Waals surface area contributed by atoms with Crippen molar-refractivity contribution in [3.05, 3.63) is 0 Å². The van der Waals surface area contributed by atoms with Gasteiger partial charge in [-0.2, -0.15) is 0 Å². The second-order valence-electron chi connectivity index (χ2n) is 3.83. The number of nitrogens with zero attached hydrogens (tertiary/aromatic N) is 1. The van der Waals surface area contributed by atoms with Crippen molar-refractivity contribution in [3.8, 4) is 0 Å². The van der Waals surface area contributed by atoms with E-state index in [-0.39, 0.29) is 0 Å². The second-order valence-corrected chi connectivity index (χ2v) is 3.83. The summed E-state index contributed by atoms with van der Waals surface area (Å²) in [7, 11) is 0. The minimum atomic E-state index is 0.698. The first-order valence-corrected chi connectivity index (χ1v) is 4.68. The average Bonchev–Trinajstić information content (AvgIpc) is 2.05. The lowest BCUT2D eigenvalue weighted by Crippen LogP contribution is -2.42. The van der Waals surface area contributed by atoms with Gasteiger partial charge in [-0.3, -0.25) is 0 Å². The van der Waals surface area contributed by atoms with Crippen LogP contribution in [0.5, 0.6) is 0 Å². The molecule has 2 N–H and O–H groups in total. The van der Waals surface area contributed by atoms with Crippen LogP contribution in [-0.4, -0.2) is 30.6 Å². The number of hydrogen-bond donors (Lipinski definition) is 1. The van der Waals surface area contributed by atoms with Crippen molar-refractivity contribution < 1.29 is 0 Å². The zero-order chi connectivity index (χ0) is 8.27. The molecule has 0 aromatic heterocycles. The lowest BCUT2D eigenvalue weighted by Gasteiger charge is -2.34. The molecule has 1 aliphatic rings. The Balaban J connectivity index is 2.33. The first kappa shape index (κ1) is 9.01. The van der Waals surface area contributed by atoms with Gasteiger partial charge in [0.1, 0.15) is 0 Å². The van der Waals surface area contributed by atoms with Crippen LogP contribution in [0.25, 0.3) is 0 Å². The van der Waals surface area contributed by atoms with Crippen LogP contribution in [-0.2, 0) is 0 Å². The zero-order valence-corrected chi connectivity index (χ0v) is 7.71. The third-order valence-electron chi connectivity index (χ3n) is 2.61. The van der Waals surface area contributed by atoms with Crippen molar-refractivity contribution in [2.45, 2.75) is 32.7 Å². The minimum absolute atomic E-state index is 0.698.